The summed E-state index contributed by atoms with van der Waals surface area (Å²) in [5.41, 5.74) is 4.67. The summed E-state index contributed by atoms with van der Waals surface area (Å²) in [7, 11) is 0. The van der Waals surface area contributed by atoms with Crippen LogP contribution in [0.15, 0.2) is 53.3 Å². The molecule has 1 aromatic carbocycles. The SMILES string of the molecule is C=N[C@@]12CC=C(n3cnc4ccccc43)[C@@]1(C)CC[C@H]1[C@H]2CCC2=CC(=O)NCC[C@@]21C. The van der Waals surface area contributed by atoms with E-state index in [9.17, 15) is 4.79 Å². The van der Waals surface area contributed by atoms with Crippen molar-refractivity contribution in [1.29, 1.82) is 0 Å². The Morgan fingerprint density at radius 3 is 2.88 bits per heavy atom. The number of benzene rings is 1. The number of allylic oxidation sites excluding steroid dienone is 1. The lowest BCUT2D eigenvalue weighted by atomic mass is 9.45. The zero-order valence-corrected chi connectivity index (χ0v) is 19.1. The van der Waals surface area contributed by atoms with Crippen LogP contribution in [-0.4, -0.2) is 34.3 Å². The van der Waals surface area contributed by atoms with Gasteiger partial charge in [0.1, 0.15) is 6.33 Å². The highest BCUT2D eigenvalue weighted by Gasteiger charge is 2.65. The van der Waals surface area contributed by atoms with E-state index in [1.165, 1.54) is 11.3 Å². The average Bonchev–Trinajstić information content (AvgIpc) is 3.29. The van der Waals surface area contributed by atoms with Crippen LogP contribution >= 0.6 is 0 Å². The van der Waals surface area contributed by atoms with Gasteiger partial charge >= 0.3 is 0 Å². The maximum Gasteiger partial charge on any atom is 0.243 e. The van der Waals surface area contributed by atoms with Crippen molar-refractivity contribution in [1.82, 2.24) is 14.9 Å². The standard InChI is InChI=1S/C27H32N4O/c1-25-14-15-29-24(32)16-18(25)8-9-20-19(25)10-12-26(2)23(11-13-27(20,26)28-3)31-17-30-21-6-4-5-7-22(21)31/h4-7,11,16-17,19-20H,3,8-10,12-15H2,1-2H3,(H,29,32)/t19-,20+,25-,26+,27+/m0/s1. The maximum absolute atomic E-state index is 12.2. The van der Waals surface area contributed by atoms with Gasteiger partial charge in [-0.2, -0.15) is 0 Å². The molecule has 2 saturated carbocycles. The van der Waals surface area contributed by atoms with Gasteiger partial charge in [0.15, 0.2) is 0 Å². The highest BCUT2D eigenvalue weighted by atomic mass is 16.1. The molecule has 5 nitrogen and oxygen atoms in total. The van der Waals surface area contributed by atoms with Crippen molar-refractivity contribution < 1.29 is 4.79 Å². The lowest BCUT2D eigenvalue weighted by Gasteiger charge is -2.61. The lowest BCUT2D eigenvalue weighted by Crippen LogP contribution is -2.59. The molecule has 0 unspecified atom stereocenters. The molecular formula is C27H32N4O. The number of nitrogens with one attached hydrogen (secondary N) is 1. The fourth-order valence-electron chi connectivity index (χ4n) is 7.95. The first-order chi connectivity index (χ1) is 15.4. The van der Waals surface area contributed by atoms with Gasteiger partial charge in [-0.1, -0.05) is 37.6 Å². The van der Waals surface area contributed by atoms with Crippen LogP contribution in [0.3, 0.4) is 0 Å². The molecule has 2 fully saturated rings. The predicted octanol–water partition coefficient (Wildman–Crippen LogP) is 5.00. The third-order valence-corrected chi connectivity index (χ3v) is 9.70. The molecule has 0 saturated heterocycles. The number of carbonyl (C=O) groups excluding carboxylic acids is 1. The highest BCUT2D eigenvalue weighted by molar-refractivity contribution is 5.89. The van der Waals surface area contributed by atoms with Gasteiger partial charge in [-0.15, -0.1) is 0 Å². The van der Waals surface area contributed by atoms with E-state index >= 15 is 0 Å². The first-order valence-electron chi connectivity index (χ1n) is 12.0. The second-order valence-corrected chi connectivity index (χ2v) is 10.7. The fourth-order valence-corrected chi connectivity index (χ4v) is 7.95. The molecule has 1 aliphatic heterocycles. The predicted molar refractivity (Wildman–Crippen MR) is 128 cm³/mol. The van der Waals surface area contributed by atoms with Crippen LogP contribution in [0.4, 0.5) is 0 Å². The number of amides is 1. The van der Waals surface area contributed by atoms with Crippen molar-refractivity contribution in [3.63, 3.8) is 0 Å². The zero-order valence-electron chi connectivity index (χ0n) is 19.1. The summed E-state index contributed by atoms with van der Waals surface area (Å²) in [4.78, 5) is 21.9. The Labute approximate surface area is 189 Å². The zero-order chi connectivity index (χ0) is 22.1. The quantitative estimate of drug-likeness (QED) is 0.685. The van der Waals surface area contributed by atoms with Crippen molar-refractivity contribution in [2.75, 3.05) is 6.54 Å². The molecule has 2 aromatic rings. The van der Waals surface area contributed by atoms with Gasteiger partial charge in [0.05, 0.1) is 16.6 Å². The number of hydrogen-bond donors (Lipinski definition) is 1. The molecule has 5 atom stereocenters. The Balaban J connectivity index is 1.43. The minimum atomic E-state index is -0.199. The molecular weight excluding hydrogens is 396 g/mol. The number of para-hydroxylation sites is 2. The summed E-state index contributed by atoms with van der Waals surface area (Å²) in [5, 5.41) is 3.07. The molecule has 166 valence electrons. The van der Waals surface area contributed by atoms with Crippen molar-refractivity contribution in [3.05, 3.63) is 48.3 Å². The smallest absolute Gasteiger partial charge is 0.243 e. The van der Waals surface area contributed by atoms with Gasteiger partial charge in [0.25, 0.3) is 0 Å². The molecule has 0 spiro atoms. The number of aromatic nitrogens is 2. The van der Waals surface area contributed by atoms with E-state index in [2.05, 4.69) is 59.7 Å². The van der Waals surface area contributed by atoms with Gasteiger partial charge in [0.2, 0.25) is 5.91 Å². The Bertz CT molecular complexity index is 1190. The average molecular weight is 429 g/mol. The van der Waals surface area contributed by atoms with Crippen LogP contribution < -0.4 is 5.32 Å². The van der Waals surface area contributed by atoms with Crippen molar-refractivity contribution in [3.8, 4) is 0 Å². The lowest BCUT2D eigenvalue weighted by molar-refractivity contribution is -0.116. The summed E-state index contributed by atoms with van der Waals surface area (Å²) in [6, 6.07) is 8.38. The highest BCUT2D eigenvalue weighted by Crippen LogP contribution is 2.68. The Kier molecular flexibility index (Phi) is 4.15. The Morgan fingerprint density at radius 1 is 1.19 bits per heavy atom. The molecule has 6 rings (SSSR count). The number of hydrogen-bond acceptors (Lipinski definition) is 3. The molecule has 1 N–H and O–H groups in total. The first-order valence-corrected chi connectivity index (χ1v) is 12.0. The number of carbonyl (C=O) groups is 1. The molecule has 3 aliphatic carbocycles. The van der Waals surface area contributed by atoms with Crippen molar-refractivity contribution in [2.45, 2.75) is 57.9 Å². The van der Waals surface area contributed by atoms with Crippen molar-refractivity contribution >= 4 is 29.4 Å². The van der Waals surface area contributed by atoms with Gasteiger partial charge in [-0.3, -0.25) is 9.79 Å². The third kappa shape index (κ3) is 2.37. The van der Waals surface area contributed by atoms with Crippen LogP contribution in [-0.2, 0) is 4.79 Å². The minimum Gasteiger partial charge on any atom is -0.353 e. The summed E-state index contributed by atoms with van der Waals surface area (Å²) < 4.78 is 2.30. The van der Waals surface area contributed by atoms with Crippen LogP contribution in [0.2, 0.25) is 0 Å². The van der Waals surface area contributed by atoms with Crippen molar-refractivity contribution in [2.24, 2.45) is 27.7 Å². The monoisotopic (exact) mass is 428 g/mol. The van der Waals surface area contributed by atoms with Gasteiger partial charge in [-0.05, 0) is 74.6 Å². The van der Waals surface area contributed by atoms with E-state index < -0.39 is 0 Å². The summed E-state index contributed by atoms with van der Waals surface area (Å²) in [5.74, 6) is 1.08. The second-order valence-electron chi connectivity index (χ2n) is 10.7. The van der Waals surface area contributed by atoms with Crippen LogP contribution in [0.5, 0.6) is 0 Å². The molecule has 5 heteroatoms. The Hall–Kier alpha value is -2.69. The molecule has 0 radical (unpaired) electrons. The second kappa shape index (κ2) is 6.66. The van der Waals surface area contributed by atoms with E-state index in [4.69, 9.17) is 4.99 Å². The molecule has 0 bridgehead atoms. The van der Waals surface area contributed by atoms with Crippen LogP contribution in [0.25, 0.3) is 16.7 Å². The topological polar surface area (TPSA) is 59.3 Å². The van der Waals surface area contributed by atoms with E-state index in [-0.39, 0.29) is 22.3 Å². The number of imidazole rings is 1. The largest absolute Gasteiger partial charge is 0.353 e. The minimum absolute atomic E-state index is 0.0611. The van der Waals surface area contributed by atoms with Gasteiger partial charge in [-0.25, -0.2) is 4.98 Å². The van der Waals surface area contributed by atoms with E-state index in [1.54, 1.807) is 0 Å². The van der Waals surface area contributed by atoms with Gasteiger partial charge < -0.3 is 9.88 Å². The summed E-state index contributed by atoms with van der Waals surface area (Å²) in [6.07, 6.45) is 12.6. The van der Waals surface area contributed by atoms with E-state index in [0.717, 1.165) is 56.1 Å². The Morgan fingerprint density at radius 2 is 2.03 bits per heavy atom. The summed E-state index contributed by atoms with van der Waals surface area (Å²) in [6.45, 7) is 9.78. The molecule has 1 amide bonds. The fraction of sp³-hybridized carbons (Fsp3) is 0.519. The molecule has 2 heterocycles. The number of fused-ring (bicyclic) bond motifs is 6. The number of nitrogens with zero attached hydrogens (tertiary/aromatic N) is 3. The molecule has 4 aliphatic rings. The maximum atomic E-state index is 12.2. The summed E-state index contributed by atoms with van der Waals surface area (Å²) >= 11 is 0. The molecule has 32 heavy (non-hydrogen) atoms. The first kappa shape index (κ1) is 20.0. The van der Waals surface area contributed by atoms with Gasteiger partial charge in [0, 0.05) is 23.7 Å². The number of rotatable bonds is 2. The number of aliphatic imine (C=N–C) groups is 1. The normalized spacial score (nSPS) is 38.6. The van der Waals surface area contributed by atoms with Crippen LogP contribution in [0, 0.1) is 22.7 Å². The third-order valence-electron chi connectivity index (χ3n) is 9.70. The van der Waals surface area contributed by atoms with E-state index in [1.807, 2.05) is 18.5 Å². The van der Waals surface area contributed by atoms with E-state index in [0.29, 0.717) is 11.8 Å². The molecule has 1 aromatic heterocycles. The van der Waals surface area contributed by atoms with Crippen LogP contribution in [0.1, 0.15) is 52.4 Å².